The molecule has 3 saturated carbocycles. The number of alkyl halides is 1. The molecule has 4 aliphatic rings. The molecule has 3 N–H and O–H groups in total. The fourth-order valence-corrected chi connectivity index (χ4v) is 6.80. The highest BCUT2D eigenvalue weighted by atomic mass is 19.1. The molecule has 0 aromatic rings. The summed E-state index contributed by atoms with van der Waals surface area (Å²) >= 11 is 0. The summed E-state index contributed by atoms with van der Waals surface area (Å²) in [6.45, 7) is 2.71. The minimum Gasteiger partial charge on any atom is -0.390 e. The number of hydrogen-bond acceptors (Lipinski definition) is 5. The van der Waals surface area contributed by atoms with E-state index >= 15 is 4.39 Å². The van der Waals surface area contributed by atoms with E-state index in [-0.39, 0.29) is 24.5 Å². The highest BCUT2D eigenvalue weighted by Crippen LogP contribution is 2.69. The first-order chi connectivity index (χ1) is 12.5. The van der Waals surface area contributed by atoms with Gasteiger partial charge in [-0.2, -0.15) is 0 Å². The molecule has 0 aliphatic heterocycles. The molecule has 0 aromatic heterocycles. The Balaban J connectivity index is 1.81. The molecule has 3 fully saturated rings. The van der Waals surface area contributed by atoms with Crippen molar-refractivity contribution in [3.63, 3.8) is 0 Å². The summed E-state index contributed by atoms with van der Waals surface area (Å²) in [5, 5.41) is 31.5. The minimum absolute atomic E-state index is 0.0580. The minimum atomic E-state index is -1.97. The Kier molecular flexibility index (Phi) is 3.92. The zero-order valence-corrected chi connectivity index (χ0v) is 15.7. The van der Waals surface area contributed by atoms with Crippen LogP contribution in [0.25, 0.3) is 0 Å². The van der Waals surface area contributed by atoms with Crippen LogP contribution in [-0.4, -0.2) is 50.9 Å². The van der Waals surface area contributed by atoms with Gasteiger partial charge in [-0.25, -0.2) is 4.39 Å². The Labute approximate surface area is 158 Å². The number of fused-ring (bicyclic) bond motifs is 5. The third-order valence-electron chi connectivity index (χ3n) is 8.40. The van der Waals surface area contributed by atoms with Gasteiger partial charge in [0.2, 0.25) is 0 Å². The fraction of sp³-hybridized carbons (Fsp3) is 0.714. The molecule has 5 nitrogen and oxygen atoms in total. The van der Waals surface area contributed by atoms with Crippen molar-refractivity contribution in [3.8, 4) is 0 Å². The van der Waals surface area contributed by atoms with Gasteiger partial charge >= 0.3 is 0 Å². The average Bonchev–Trinajstić information content (AvgIpc) is 2.88. The SMILES string of the molecule is C[C@]12C=CC(=O)C=C1CC[C@@H]1[C@@H]3CC[C@](O)(C(=O)CO)[C@@]3(C)CC(O)[C@@]12F. The van der Waals surface area contributed by atoms with Gasteiger partial charge in [0.15, 0.2) is 17.2 Å². The average molecular weight is 378 g/mol. The van der Waals surface area contributed by atoms with Crippen LogP contribution in [0.15, 0.2) is 23.8 Å². The van der Waals surface area contributed by atoms with Gasteiger partial charge in [-0.15, -0.1) is 0 Å². The topological polar surface area (TPSA) is 94.8 Å². The van der Waals surface area contributed by atoms with E-state index in [0.717, 1.165) is 0 Å². The molecule has 0 amide bonds. The van der Waals surface area contributed by atoms with Crippen LogP contribution in [0.5, 0.6) is 0 Å². The van der Waals surface area contributed by atoms with Crippen LogP contribution < -0.4 is 0 Å². The number of carbonyl (C=O) groups is 2. The molecule has 0 spiro atoms. The second-order valence-corrected chi connectivity index (χ2v) is 9.24. The molecule has 1 unspecified atom stereocenters. The first-order valence-electron chi connectivity index (χ1n) is 9.72. The van der Waals surface area contributed by atoms with Crippen molar-refractivity contribution in [1.29, 1.82) is 0 Å². The Morgan fingerprint density at radius 1 is 1.30 bits per heavy atom. The van der Waals surface area contributed by atoms with Crippen LogP contribution in [0.4, 0.5) is 4.39 Å². The third kappa shape index (κ3) is 2.04. The molecule has 0 saturated heterocycles. The third-order valence-corrected chi connectivity index (χ3v) is 8.40. The van der Waals surface area contributed by atoms with Crippen molar-refractivity contribution in [2.45, 2.75) is 63.3 Å². The molecule has 7 atom stereocenters. The molecular weight excluding hydrogens is 351 g/mol. The molecule has 0 radical (unpaired) electrons. The summed E-state index contributed by atoms with van der Waals surface area (Å²) in [5.41, 5.74) is -5.07. The molecular formula is C21H27FO5. The lowest BCUT2D eigenvalue weighted by Gasteiger charge is -2.62. The van der Waals surface area contributed by atoms with Crippen molar-refractivity contribution < 1.29 is 29.3 Å². The number of allylic oxidation sites excluding steroid dienone is 4. The Morgan fingerprint density at radius 3 is 2.67 bits per heavy atom. The van der Waals surface area contributed by atoms with Gasteiger partial charge in [0.25, 0.3) is 0 Å². The lowest BCUT2D eigenvalue weighted by Crippen LogP contribution is -2.69. The smallest absolute Gasteiger partial charge is 0.190 e. The van der Waals surface area contributed by atoms with Gasteiger partial charge in [-0.3, -0.25) is 9.59 Å². The van der Waals surface area contributed by atoms with Gasteiger partial charge in [0, 0.05) is 16.7 Å². The maximum absolute atomic E-state index is 16.7. The van der Waals surface area contributed by atoms with Crippen LogP contribution >= 0.6 is 0 Å². The fourth-order valence-electron chi connectivity index (χ4n) is 6.80. The predicted molar refractivity (Wildman–Crippen MR) is 95.4 cm³/mol. The van der Waals surface area contributed by atoms with Gasteiger partial charge in [0.05, 0.1) is 6.10 Å². The Morgan fingerprint density at radius 2 is 2.00 bits per heavy atom. The van der Waals surface area contributed by atoms with Crippen LogP contribution in [0.1, 0.15) is 46.0 Å². The van der Waals surface area contributed by atoms with Crippen molar-refractivity contribution in [1.82, 2.24) is 0 Å². The standard InChI is InChI=1S/C21H27FO5/c1-18-7-5-13(24)9-12(18)3-4-15-14-6-8-20(27,17(26)11-23)19(14,2)10-16(25)21(15,18)22/h5,7,9,14-16,23,25,27H,3-4,6,8,10-11H2,1-2H3/t14-,15+,16?,18-,19-,20-,21-/m0/s1. The molecule has 4 aliphatic carbocycles. The van der Waals surface area contributed by atoms with E-state index in [2.05, 4.69) is 0 Å². The largest absolute Gasteiger partial charge is 0.390 e. The maximum atomic E-state index is 16.7. The molecule has 0 aromatic carbocycles. The summed E-state index contributed by atoms with van der Waals surface area (Å²) < 4.78 is 16.7. The Bertz CT molecular complexity index is 775. The zero-order chi connectivity index (χ0) is 19.8. The second-order valence-electron chi connectivity index (χ2n) is 9.24. The van der Waals surface area contributed by atoms with Crippen molar-refractivity contribution in [3.05, 3.63) is 23.8 Å². The van der Waals surface area contributed by atoms with E-state index < -0.39 is 46.5 Å². The number of ketones is 2. The normalized spacial score (nSPS) is 51.3. The van der Waals surface area contributed by atoms with Gasteiger partial charge in [-0.1, -0.05) is 18.6 Å². The van der Waals surface area contributed by atoms with Crippen LogP contribution in [0.2, 0.25) is 0 Å². The van der Waals surface area contributed by atoms with Gasteiger partial charge < -0.3 is 15.3 Å². The second kappa shape index (κ2) is 5.58. The molecule has 148 valence electrons. The first-order valence-corrected chi connectivity index (χ1v) is 9.72. The Hall–Kier alpha value is -1.37. The van der Waals surface area contributed by atoms with E-state index in [4.69, 9.17) is 0 Å². The number of halogens is 1. The highest BCUT2D eigenvalue weighted by Gasteiger charge is 2.73. The van der Waals surface area contributed by atoms with Crippen LogP contribution in [0.3, 0.4) is 0 Å². The zero-order valence-electron chi connectivity index (χ0n) is 15.7. The van der Waals surface area contributed by atoms with Crippen molar-refractivity contribution in [2.75, 3.05) is 6.61 Å². The number of carbonyl (C=O) groups excluding carboxylic acids is 2. The summed E-state index contributed by atoms with van der Waals surface area (Å²) in [5.74, 6) is -1.64. The van der Waals surface area contributed by atoms with Crippen molar-refractivity contribution in [2.24, 2.45) is 22.7 Å². The van der Waals surface area contributed by atoms with E-state index in [1.165, 1.54) is 12.2 Å². The summed E-state index contributed by atoms with van der Waals surface area (Å²) in [6.07, 6.45) is 4.65. The molecule has 27 heavy (non-hydrogen) atoms. The molecule has 4 rings (SSSR count). The monoisotopic (exact) mass is 378 g/mol. The van der Waals surface area contributed by atoms with Crippen LogP contribution in [0, 0.1) is 22.7 Å². The number of rotatable bonds is 2. The predicted octanol–water partition coefficient (Wildman–Crippen LogP) is 1.65. The maximum Gasteiger partial charge on any atom is 0.190 e. The highest BCUT2D eigenvalue weighted by molar-refractivity contribution is 6.01. The number of aliphatic hydroxyl groups is 3. The lowest BCUT2D eigenvalue weighted by molar-refractivity contribution is -0.217. The number of hydrogen-bond donors (Lipinski definition) is 3. The van der Waals surface area contributed by atoms with Gasteiger partial charge in [0.1, 0.15) is 12.2 Å². The first kappa shape index (κ1) is 19.0. The van der Waals surface area contributed by atoms with E-state index in [1.807, 2.05) is 0 Å². The molecule has 0 bridgehead atoms. The van der Waals surface area contributed by atoms with Crippen LogP contribution in [-0.2, 0) is 9.59 Å². The quantitative estimate of drug-likeness (QED) is 0.679. The molecule has 6 heteroatoms. The van der Waals surface area contributed by atoms with Crippen molar-refractivity contribution >= 4 is 11.6 Å². The number of aliphatic hydroxyl groups excluding tert-OH is 2. The van der Waals surface area contributed by atoms with E-state index in [9.17, 15) is 24.9 Å². The number of Topliss-reactive ketones (excluding diaryl/α,β-unsaturated/α-hetero) is 1. The van der Waals surface area contributed by atoms with E-state index in [0.29, 0.717) is 24.8 Å². The lowest BCUT2D eigenvalue weighted by atomic mass is 9.44. The summed E-state index contributed by atoms with van der Waals surface area (Å²) in [6, 6.07) is 0. The van der Waals surface area contributed by atoms with E-state index in [1.54, 1.807) is 19.9 Å². The van der Waals surface area contributed by atoms with Gasteiger partial charge in [-0.05, 0) is 57.1 Å². The molecule has 0 heterocycles. The summed E-state index contributed by atoms with van der Waals surface area (Å²) in [7, 11) is 0. The summed E-state index contributed by atoms with van der Waals surface area (Å²) in [4.78, 5) is 24.1.